The lowest BCUT2D eigenvalue weighted by Crippen LogP contribution is -2.38. The molecule has 0 radical (unpaired) electrons. The average molecular weight is 512 g/mol. The van der Waals surface area contributed by atoms with Crippen molar-refractivity contribution in [2.75, 3.05) is 26.2 Å². The summed E-state index contributed by atoms with van der Waals surface area (Å²) in [5.41, 5.74) is 2.39. The van der Waals surface area contributed by atoms with Crippen molar-refractivity contribution in [2.24, 2.45) is 0 Å². The van der Waals surface area contributed by atoms with Gasteiger partial charge in [0.1, 0.15) is 11.4 Å². The van der Waals surface area contributed by atoms with Crippen LogP contribution in [-0.4, -0.2) is 47.9 Å². The number of nitrogens with one attached hydrogen (secondary N) is 1. The van der Waals surface area contributed by atoms with Crippen molar-refractivity contribution in [2.45, 2.75) is 38.5 Å². The Balaban J connectivity index is 1.25. The van der Waals surface area contributed by atoms with Crippen LogP contribution in [0.3, 0.4) is 0 Å². The second-order valence-electron chi connectivity index (χ2n) is 8.54. The molecule has 0 spiro atoms. The van der Waals surface area contributed by atoms with E-state index in [2.05, 4.69) is 10.3 Å². The number of likely N-dealkylation sites (tertiary alicyclic amines) is 1. The topological polar surface area (TPSA) is 71.5 Å². The highest BCUT2D eigenvalue weighted by Crippen LogP contribution is 2.31. The third kappa shape index (κ3) is 6.61. The molecule has 1 N–H and O–H groups in total. The van der Waals surface area contributed by atoms with E-state index in [1.54, 1.807) is 0 Å². The molecule has 1 aliphatic rings. The van der Waals surface area contributed by atoms with Crippen LogP contribution < -0.4 is 10.1 Å². The number of ether oxygens (including phenoxy) is 1. The lowest BCUT2D eigenvalue weighted by atomic mass is 9.97. The predicted molar refractivity (Wildman–Crippen MR) is 139 cm³/mol. The predicted octanol–water partition coefficient (Wildman–Crippen LogP) is 5.12. The average Bonchev–Trinajstić information content (AvgIpc) is 3.37. The Morgan fingerprint density at radius 1 is 1.11 bits per heavy atom. The largest absolute Gasteiger partial charge is 0.494 e. The fraction of sp³-hybridized carbons (Fsp3) is 0.370. The van der Waals surface area contributed by atoms with Gasteiger partial charge in [-0.15, -0.1) is 11.3 Å². The monoisotopic (exact) mass is 511 g/mol. The normalized spacial score (nSPS) is 14.1. The number of rotatable bonds is 9. The van der Waals surface area contributed by atoms with Gasteiger partial charge in [-0.1, -0.05) is 48.0 Å². The smallest absolute Gasteiger partial charge is 0.270 e. The van der Waals surface area contributed by atoms with E-state index in [9.17, 15) is 9.59 Å². The van der Waals surface area contributed by atoms with Crippen LogP contribution in [0, 0.1) is 0 Å². The van der Waals surface area contributed by atoms with Gasteiger partial charge in [-0.05, 0) is 49.4 Å². The molecule has 1 saturated heterocycles. The Hall–Kier alpha value is -2.90. The number of halogens is 1. The molecule has 2 aromatic carbocycles. The zero-order valence-corrected chi connectivity index (χ0v) is 21.4. The van der Waals surface area contributed by atoms with Crippen LogP contribution >= 0.6 is 22.9 Å². The van der Waals surface area contributed by atoms with Crippen molar-refractivity contribution < 1.29 is 14.3 Å². The molecule has 0 saturated carbocycles. The summed E-state index contributed by atoms with van der Waals surface area (Å²) in [6.45, 7) is 4.46. The third-order valence-electron chi connectivity index (χ3n) is 6.20. The minimum atomic E-state index is -0.159. The number of amides is 2. The highest BCUT2D eigenvalue weighted by atomic mass is 35.5. The molecule has 1 aromatic heterocycles. The fourth-order valence-corrected chi connectivity index (χ4v) is 5.45. The minimum absolute atomic E-state index is 0.0988. The number of hydrogen-bond acceptors (Lipinski definition) is 5. The Morgan fingerprint density at radius 3 is 2.57 bits per heavy atom. The van der Waals surface area contributed by atoms with Gasteiger partial charge in [0, 0.05) is 36.0 Å². The van der Waals surface area contributed by atoms with Crippen LogP contribution in [0.1, 0.15) is 52.3 Å². The molecule has 6 nitrogen and oxygen atoms in total. The van der Waals surface area contributed by atoms with Crippen molar-refractivity contribution in [1.82, 2.24) is 15.2 Å². The van der Waals surface area contributed by atoms with Gasteiger partial charge in [-0.3, -0.25) is 9.59 Å². The maximum atomic E-state index is 12.7. The number of carbonyl (C=O) groups is 2. The van der Waals surface area contributed by atoms with Gasteiger partial charge >= 0.3 is 0 Å². The van der Waals surface area contributed by atoms with Gasteiger partial charge in [0.2, 0.25) is 5.91 Å². The van der Waals surface area contributed by atoms with Gasteiger partial charge in [0.25, 0.3) is 5.91 Å². The van der Waals surface area contributed by atoms with Crippen LogP contribution in [0.2, 0.25) is 5.02 Å². The lowest BCUT2D eigenvalue weighted by molar-refractivity contribution is -0.131. The molecule has 1 fully saturated rings. The summed E-state index contributed by atoms with van der Waals surface area (Å²) in [5, 5.41) is 6.39. The number of nitrogens with zero attached hydrogens (tertiary/aromatic N) is 2. The molecule has 1 aliphatic heterocycles. The number of hydrogen-bond donors (Lipinski definition) is 1. The van der Waals surface area contributed by atoms with Crippen LogP contribution in [0.4, 0.5) is 0 Å². The summed E-state index contributed by atoms with van der Waals surface area (Å²) < 4.78 is 5.65. The van der Waals surface area contributed by atoms with Gasteiger partial charge in [0.05, 0.1) is 18.0 Å². The summed E-state index contributed by atoms with van der Waals surface area (Å²) in [4.78, 5) is 31.9. The first-order valence-electron chi connectivity index (χ1n) is 12.0. The highest BCUT2D eigenvalue weighted by molar-refractivity contribution is 7.09. The van der Waals surface area contributed by atoms with E-state index in [-0.39, 0.29) is 17.7 Å². The Kier molecular flexibility index (Phi) is 8.77. The van der Waals surface area contributed by atoms with Crippen LogP contribution in [0.5, 0.6) is 5.75 Å². The summed E-state index contributed by atoms with van der Waals surface area (Å²) >= 11 is 7.73. The van der Waals surface area contributed by atoms with Crippen molar-refractivity contribution >= 4 is 34.8 Å². The summed E-state index contributed by atoms with van der Waals surface area (Å²) in [6.07, 6.45) is 2.70. The molecule has 4 rings (SSSR count). The molecule has 0 bridgehead atoms. The molecular weight excluding hydrogens is 482 g/mol. The highest BCUT2D eigenvalue weighted by Gasteiger charge is 2.26. The van der Waals surface area contributed by atoms with Crippen LogP contribution in [0.15, 0.2) is 53.9 Å². The van der Waals surface area contributed by atoms with E-state index < -0.39 is 0 Å². The first-order chi connectivity index (χ1) is 17.0. The molecule has 3 aromatic rings. The summed E-state index contributed by atoms with van der Waals surface area (Å²) in [5.74, 6) is 1.07. The SMILES string of the molecule is CCOc1ccccc1CCNC(=O)c1csc(C2CCN(C(=O)Cc3ccccc3Cl)CC2)n1. The third-order valence-corrected chi connectivity index (χ3v) is 7.58. The number of benzene rings is 2. The standard InChI is InChI=1S/C27H30ClN3O3S/c1-2-34-24-10-6-4-7-19(24)11-14-29-26(33)23-18-35-27(30-23)20-12-15-31(16-13-20)25(32)17-21-8-3-5-9-22(21)28/h3-10,18,20H,2,11-17H2,1H3,(H,29,33). The van der Waals surface area contributed by atoms with Gasteiger partial charge in [0.15, 0.2) is 0 Å². The fourth-order valence-electron chi connectivity index (χ4n) is 4.28. The molecule has 184 valence electrons. The van der Waals surface area contributed by atoms with Crippen LogP contribution in [0.25, 0.3) is 0 Å². The Bertz CT molecular complexity index is 1160. The molecule has 35 heavy (non-hydrogen) atoms. The van der Waals surface area contributed by atoms with E-state index in [1.807, 2.05) is 65.7 Å². The maximum absolute atomic E-state index is 12.7. The molecule has 0 aliphatic carbocycles. The van der Waals surface area contributed by atoms with Gasteiger partial charge < -0.3 is 15.0 Å². The number of piperidine rings is 1. The number of carbonyl (C=O) groups excluding carboxylic acids is 2. The van der Waals surface area contributed by atoms with E-state index in [4.69, 9.17) is 16.3 Å². The summed E-state index contributed by atoms with van der Waals surface area (Å²) in [7, 11) is 0. The number of aromatic nitrogens is 1. The molecule has 2 heterocycles. The molecule has 0 unspecified atom stereocenters. The zero-order chi connectivity index (χ0) is 24.6. The number of thiazole rings is 1. The first kappa shape index (κ1) is 25.2. The Labute approximate surface area is 215 Å². The van der Waals surface area contributed by atoms with Gasteiger partial charge in [-0.2, -0.15) is 0 Å². The van der Waals surface area contributed by atoms with Crippen molar-refractivity contribution in [1.29, 1.82) is 0 Å². The van der Waals surface area contributed by atoms with Crippen molar-refractivity contribution in [3.8, 4) is 5.75 Å². The van der Waals surface area contributed by atoms with Crippen molar-refractivity contribution in [3.63, 3.8) is 0 Å². The summed E-state index contributed by atoms with van der Waals surface area (Å²) in [6, 6.07) is 15.4. The maximum Gasteiger partial charge on any atom is 0.270 e. The van der Waals surface area contributed by atoms with E-state index in [0.29, 0.717) is 49.8 Å². The van der Waals surface area contributed by atoms with Crippen molar-refractivity contribution in [3.05, 3.63) is 80.8 Å². The van der Waals surface area contributed by atoms with E-state index in [0.717, 1.165) is 34.7 Å². The Morgan fingerprint density at radius 2 is 1.83 bits per heavy atom. The van der Waals surface area contributed by atoms with E-state index in [1.165, 1.54) is 11.3 Å². The zero-order valence-electron chi connectivity index (χ0n) is 19.8. The lowest BCUT2D eigenvalue weighted by Gasteiger charge is -2.31. The molecule has 8 heteroatoms. The van der Waals surface area contributed by atoms with E-state index >= 15 is 0 Å². The van der Waals surface area contributed by atoms with Crippen LogP contribution in [-0.2, 0) is 17.6 Å². The molecule has 2 amide bonds. The number of para-hydroxylation sites is 1. The quantitative estimate of drug-likeness (QED) is 0.433. The second-order valence-corrected chi connectivity index (χ2v) is 9.84. The van der Waals surface area contributed by atoms with Gasteiger partial charge in [-0.25, -0.2) is 4.98 Å². The first-order valence-corrected chi connectivity index (χ1v) is 13.3. The molecular formula is C27H30ClN3O3S. The minimum Gasteiger partial charge on any atom is -0.494 e. The molecule has 0 atom stereocenters. The second kappa shape index (κ2) is 12.2.